The van der Waals surface area contributed by atoms with E-state index in [4.69, 9.17) is 31.1 Å². The van der Waals surface area contributed by atoms with Gasteiger partial charge in [0, 0.05) is 86.7 Å². The highest BCUT2D eigenvalue weighted by Gasteiger charge is 2.43. The van der Waals surface area contributed by atoms with Crippen molar-refractivity contribution in [2.24, 2.45) is 18.5 Å². The highest BCUT2D eigenvalue weighted by Crippen LogP contribution is 2.33. The predicted octanol–water partition coefficient (Wildman–Crippen LogP) is -2.97. The molecule has 2 aromatic carbocycles. The summed E-state index contributed by atoms with van der Waals surface area (Å²) in [5.74, 6) is -6.29. The molecule has 2 saturated heterocycles. The Morgan fingerprint density at radius 3 is 2.11 bits per heavy atom. The van der Waals surface area contributed by atoms with Gasteiger partial charge in [-0.05, 0) is 69.1 Å². The zero-order valence-electron chi connectivity index (χ0n) is 53.5. The summed E-state index contributed by atoms with van der Waals surface area (Å²) in [5.41, 5.74) is 13.6. The number of guanidine groups is 1. The molecule has 0 spiro atoms. The Hall–Kier alpha value is -8.92. The van der Waals surface area contributed by atoms with Gasteiger partial charge < -0.3 is 93.8 Å². The third-order valence-corrected chi connectivity index (χ3v) is 17.7. The number of rotatable bonds is 27. The van der Waals surface area contributed by atoms with Crippen molar-refractivity contribution >= 4 is 87.8 Å². The van der Waals surface area contributed by atoms with Crippen LogP contribution in [0, 0.1) is 5.41 Å². The number of amides is 11. The summed E-state index contributed by atoms with van der Waals surface area (Å²) < 4.78 is 20.0. The van der Waals surface area contributed by atoms with Crippen molar-refractivity contribution in [2.45, 2.75) is 150 Å². The van der Waals surface area contributed by atoms with Crippen LogP contribution in [0.15, 0.2) is 67.0 Å². The summed E-state index contributed by atoms with van der Waals surface area (Å²) in [6.45, 7) is 1.43. The summed E-state index contributed by atoms with van der Waals surface area (Å²) in [6, 6.07) is 6.37. The van der Waals surface area contributed by atoms with E-state index in [0.29, 0.717) is 42.2 Å². The summed E-state index contributed by atoms with van der Waals surface area (Å²) in [6.07, 6.45) is 6.58. The lowest BCUT2D eigenvalue weighted by molar-refractivity contribution is -0.136. The van der Waals surface area contributed by atoms with Crippen molar-refractivity contribution in [1.82, 2.24) is 78.0 Å². The number of hydrogen-bond acceptors (Lipinski definition) is 18. The van der Waals surface area contributed by atoms with E-state index >= 15 is 0 Å². The minimum atomic E-state index is -1.63. The lowest BCUT2D eigenvalue weighted by Crippen LogP contribution is -2.61. The molecule has 0 saturated carbocycles. The third kappa shape index (κ3) is 23.8. The quantitative estimate of drug-likeness (QED) is 0.0123. The van der Waals surface area contributed by atoms with E-state index < -0.39 is 103 Å². The maximum atomic E-state index is 14.8. The van der Waals surface area contributed by atoms with Crippen LogP contribution in [0.2, 0.25) is 0 Å². The van der Waals surface area contributed by atoms with Gasteiger partial charge in [-0.15, -0.1) is 5.10 Å². The Morgan fingerprint density at radius 2 is 1.37 bits per heavy atom. The van der Waals surface area contributed by atoms with Crippen LogP contribution in [-0.2, 0) is 90.2 Å². The maximum Gasteiger partial charge on any atom is 0.315 e. The number of aromatic nitrogens is 4. The van der Waals surface area contributed by atoms with Crippen LogP contribution in [0.5, 0.6) is 0 Å². The van der Waals surface area contributed by atoms with Crippen molar-refractivity contribution in [3.8, 4) is 0 Å². The van der Waals surface area contributed by atoms with Crippen LogP contribution >= 0.6 is 11.8 Å². The number of hydrogen-bond donors (Lipinski definition) is 15. The molecule has 3 aliphatic heterocycles. The van der Waals surface area contributed by atoms with Gasteiger partial charge in [-0.2, -0.15) is 11.8 Å². The molecule has 0 radical (unpaired) electrons. The number of carbonyl (C=O) groups is 10. The summed E-state index contributed by atoms with van der Waals surface area (Å²) in [4.78, 5) is 136. The van der Waals surface area contributed by atoms with Crippen LogP contribution < -0.4 is 70.0 Å². The maximum absolute atomic E-state index is 14.8. The molecule has 7 rings (SSSR count). The first-order valence-corrected chi connectivity index (χ1v) is 33.0. The van der Waals surface area contributed by atoms with Crippen LogP contribution in [0.25, 0.3) is 10.9 Å². The predicted molar refractivity (Wildman–Crippen MR) is 348 cm³/mol. The highest BCUT2D eigenvalue weighted by molar-refractivity contribution is 8.00. The lowest BCUT2D eigenvalue weighted by Gasteiger charge is -2.27. The van der Waals surface area contributed by atoms with Gasteiger partial charge in [0.2, 0.25) is 53.2 Å². The molecule has 3 aliphatic rings. The van der Waals surface area contributed by atoms with E-state index in [9.17, 15) is 53.1 Å². The van der Waals surface area contributed by atoms with Crippen molar-refractivity contribution in [1.29, 1.82) is 5.41 Å². The number of carbonyl (C=O) groups excluding carboxylic acids is 10. The van der Waals surface area contributed by atoms with Gasteiger partial charge in [-0.1, -0.05) is 60.2 Å². The SMILES string of the molecule is C[C@H]1NC(=O)[C@@H](NC(=O)COCCOCCOCCNC(=O)CCCC[C@@H]2SC[C@@H]3NC(=O)N[C@@H]32)Cc2cn(nn2)CCCC[C@@H](C(N)=O)NC(=O)[C@@H](CO)NC(=O)[C@H](Cc2cn(C)c3ccccc23)NC(=O)[C@@H](Cc2ccccc2)NC(=O)[C@@H](CCCNC(=N)N)NC1=O. The second-order valence-corrected chi connectivity index (χ2v) is 24.8. The number of aryl methyl sites for hydroxylation is 2. The van der Waals surface area contributed by atoms with E-state index in [1.165, 1.54) is 17.8 Å². The van der Waals surface area contributed by atoms with Crippen LogP contribution in [0.1, 0.15) is 81.5 Å². The minimum absolute atomic E-state index is 0.00562. The van der Waals surface area contributed by atoms with Gasteiger partial charge in [-0.25, -0.2) is 4.79 Å². The summed E-state index contributed by atoms with van der Waals surface area (Å²) in [7, 11) is 1.81. The Morgan fingerprint density at radius 1 is 0.695 bits per heavy atom. The first kappa shape index (κ1) is 73.5. The fraction of sp³-hybridized carbons (Fsp3) is 0.565. The van der Waals surface area contributed by atoms with Gasteiger partial charge in [0.1, 0.15) is 48.9 Å². The van der Waals surface area contributed by atoms with Gasteiger partial charge in [0.15, 0.2) is 5.96 Å². The van der Waals surface area contributed by atoms with Crippen molar-refractivity contribution in [3.05, 3.63) is 83.8 Å². The molecular weight excluding hydrogens is 1250 g/mol. The number of primary amides is 1. The van der Waals surface area contributed by atoms with E-state index in [0.717, 1.165) is 35.9 Å². The third-order valence-electron chi connectivity index (χ3n) is 16.2. The molecule has 10 atom stereocenters. The normalized spacial score (nSPS) is 23.5. The van der Waals surface area contributed by atoms with Crippen molar-refractivity contribution in [3.63, 3.8) is 0 Å². The molecule has 2 bridgehead atoms. The average molecular weight is 1340 g/mol. The van der Waals surface area contributed by atoms with Gasteiger partial charge >= 0.3 is 6.03 Å². The monoisotopic (exact) mass is 1340 g/mol. The second-order valence-electron chi connectivity index (χ2n) is 23.6. The molecule has 17 N–H and O–H groups in total. The van der Waals surface area contributed by atoms with E-state index in [1.807, 2.05) is 47.6 Å². The fourth-order valence-corrected chi connectivity index (χ4v) is 12.7. The molecular formula is C62H90N18O14S. The minimum Gasteiger partial charge on any atom is -0.394 e. The number of unbranched alkanes of at least 4 members (excludes halogenated alkanes) is 1. The molecule has 2 fully saturated rings. The molecule has 5 heterocycles. The number of benzene rings is 2. The largest absolute Gasteiger partial charge is 0.394 e. The number of thioether (sulfide) groups is 1. The average Bonchev–Trinajstić information content (AvgIpc) is 1.70. The van der Waals surface area contributed by atoms with Gasteiger partial charge in [-0.3, -0.25) is 53.2 Å². The van der Waals surface area contributed by atoms with Crippen LogP contribution in [-0.4, -0.2) is 215 Å². The number of aliphatic hydroxyl groups is 1. The molecule has 95 heavy (non-hydrogen) atoms. The first-order chi connectivity index (χ1) is 45.7. The van der Waals surface area contributed by atoms with Gasteiger partial charge in [0.25, 0.3) is 0 Å². The summed E-state index contributed by atoms with van der Waals surface area (Å²) in [5, 5.41) is 57.6. The number of nitrogens with two attached hydrogens (primary N) is 2. The smallest absolute Gasteiger partial charge is 0.315 e. The number of aliphatic hydroxyl groups excluding tert-OH is 1. The zero-order valence-corrected chi connectivity index (χ0v) is 54.3. The summed E-state index contributed by atoms with van der Waals surface area (Å²) >= 11 is 1.85. The highest BCUT2D eigenvalue weighted by atomic mass is 32.2. The van der Waals surface area contributed by atoms with E-state index in [2.05, 4.69) is 68.8 Å². The first-order valence-electron chi connectivity index (χ1n) is 32.0. The molecule has 32 nitrogen and oxygen atoms in total. The van der Waals surface area contributed by atoms with Crippen molar-refractivity contribution < 1.29 is 67.3 Å². The van der Waals surface area contributed by atoms with Crippen LogP contribution in [0.4, 0.5) is 4.79 Å². The number of fused-ring (bicyclic) bond motifs is 4. The van der Waals surface area contributed by atoms with E-state index in [1.54, 1.807) is 36.5 Å². The Balaban J connectivity index is 0.994. The Labute approximate surface area is 553 Å². The molecule has 0 aliphatic carbocycles. The molecule has 4 aromatic rings. The Bertz CT molecular complexity index is 3260. The van der Waals surface area contributed by atoms with Crippen LogP contribution in [0.3, 0.4) is 0 Å². The molecule has 2 aromatic heterocycles. The number of ether oxygens (including phenoxy) is 3. The molecule has 0 unspecified atom stereocenters. The standard InChI is InChI=1S/C62H90N18O14S/c1-37-55(85)71-43(17-12-21-67-61(64)65)56(86)72-44(29-38-13-4-3-5-14-38)58(88)73-45(30-39-32-79(2)49-18-7-6-15-41(39)49)59(89)74-47(34-81)60(90)70-42(54(63)84)16-10-11-23-80-33-40(77-78-80)31-46(57(87)68-37)69-52(83)35-94-28-27-93-26-25-92-24-22-66-51(82)20-9-8-19-50-53-48(36-95-50)75-62(91)76-53/h3-7,13-15,18,32-33,37,42-48,50,53,81H,8-12,16-17,19-31,34-36H2,1-2H3,(H2,63,84)(H,66,82)(H,68,87)(H,69,83)(H,70,90)(H,71,85)(H,72,86)(H,73,88)(H,74,89)(H4,64,65,67)(H2,75,76,91)/t37-,42+,43-,44-,45+,46+,47-,48+,50+,53+/m1/s1. The molecule has 518 valence electrons. The lowest BCUT2D eigenvalue weighted by atomic mass is 10.0. The zero-order chi connectivity index (χ0) is 68.2. The number of para-hydroxylation sites is 1. The Kier molecular flexibility index (Phi) is 29.3. The van der Waals surface area contributed by atoms with Crippen molar-refractivity contribution in [2.75, 3.05) is 65.1 Å². The topological polar surface area (TPSA) is 462 Å². The number of nitrogens with zero attached hydrogens (tertiary/aromatic N) is 4. The van der Waals surface area contributed by atoms with E-state index in [-0.39, 0.29) is 120 Å². The second kappa shape index (κ2) is 37.8. The number of nitrogens with one attached hydrogen (secondary N) is 12. The van der Waals surface area contributed by atoms with Gasteiger partial charge in [0.05, 0.1) is 57.4 Å². The number of urea groups is 1. The fourth-order valence-electron chi connectivity index (χ4n) is 11.2. The molecule has 33 heteroatoms. The molecule has 11 amide bonds.